The monoisotopic (exact) mass is 208 g/mol. The molecule has 2 heterocycles. The van der Waals surface area contributed by atoms with Crippen LogP contribution in [0.1, 0.15) is 29.0 Å². The van der Waals surface area contributed by atoms with Crippen LogP contribution in [0.5, 0.6) is 0 Å². The smallest absolute Gasteiger partial charge is 0.274 e. The average Bonchev–Trinajstić information content (AvgIpc) is 2.76. The molecule has 0 atom stereocenters. The van der Waals surface area contributed by atoms with Crippen LogP contribution >= 0.6 is 0 Å². The molecule has 0 radical (unpaired) electrons. The molecule has 1 aromatic rings. The van der Waals surface area contributed by atoms with E-state index >= 15 is 0 Å². The van der Waals surface area contributed by atoms with Crippen molar-refractivity contribution in [3.8, 4) is 0 Å². The van der Waals surface area contributed by atoms with Gasteiger partial charge < -0.3 is 10.6 Å². The normalized spacial score (nSPS) is 16.0. The number of nitrogens with two attached hydrogens (primary N) is 1. The Hall–Kier alpha value is -1.52. The Morgan fingerprint density at radius 1 is 1.40 bits per heavy atom. The van der Waals surface area contributed by atoms with Gasteiger partial charge in [-0.2, -0.15) is 5.10 Å². The van der Waals surface area contributed by atoms with Crippen LogP contribution in [0.25, 0.3) is 0 Å². The van der Waals surface area contributed by atoms with Gasteiger partial charge in [0.25, 0.3) is 5.91 Å². The fraction of sp³-hybridized carbons (Fsp3) is 0.600. The third kappa shape index (κ3) is 1.58. The van der Waals surface area contributed by atoms with Gasteiger partial charge in [0.15, 0.2) is 0 Å². The number of aryl methyl sites for hydroxylation is 2. The summed E-state index contributed by atoms with van der Waals surface area (Å²) < 4.78 is 1.57. The number of carbonyl (C=O) groups excluding carboxylic acids is 1. The summed E-state index contributed by atoms with van der Waals surface area (Å²) >= 11 is 0. The van der Waals surface area contributed by atoms with E-state index in [4.69, 9.17) is 5.73 Å². The zero-order chi connectivity index (χ0) is 11.0. The minimum absolute atomic E-state index is 0.00750. The maximum Gasteiger partial charge on any atom is 0.274 e. The van der Waals surface area contributed by atoms with Gasteiger partial charge in [0, 0.05) is 20.1 Å². The zero-order valence-corrected chi connectivity index (χ0v) is 9.16. The summed E-state index contributed by atoms with van der Waals surface area (Å²) in [6, 6.07) is 0. The Balaban J connectivity index is 2.32. The topological polar surface area (TPSA) is 64.2 Å². The van der Waals surface area contributed by atoms with Crippen LogP contribution in [0.3, 0.4) is 0 Å². The van der Waals surface area contributed by atoms with E-state index in [1.165, 1.54) is 0 Å². The molecule has 1 aliphatic rings. The summed E-state index contributed by atoms with van der Waals surface area (Å²) in [6.45, 7) is 3.49. The van der Waals surface area contributed by atoms with Gasteiger partial charge >= 0.3 is 0 Å². The van der Waals surface area contributed by atoms with Gasteiger partial charge in [-0.25, -0.2) is 0 Å². The lowest BCUT2D eigenvalue weighted by atomic mass is 10.3. The molecular formula is C10H16N4O. The van der Waals surface area contributed by atoms with E-state index in [2.05, 4.69) is 5.10 Å². The number of anilines is 1. The van der Waals surface area contributed by atoms with Gasteiger partial charge in [0.2, 0.25) is 0 Å². The molecule has 5 nitrogen and oxygen atoms in total. The van der Waals surface area contributed by atoms with E-state index in [-0.39, 0.29) is 5.91 Å². The van der Waals surface area contributed by atoms with Crippen LogP contribution in [-0.4, -0.2) is 33.7 Å². The van der Waals surface area contributed by atoms with E-state index in [1.54, 1.807) is 11.7 Å². The van der Waals surface area contributed by atoms with Crippen molar-refractivity contribution in [2.75, 3.05) is 18.8 Å². The lowest BCUT2D eigenvalue weighted by Gasteiger charge is -2.15. The summed E-state index contributed by atoms with van der Waals surface area (Å²) in [5, 5.41) is 4.15. The SMILES string of the molecule is Cc1nn(C)c(C(=O)N2CCCC2)c1N. The van der Waals surface area contributed by atoms with Crippen LogP contribution in [-0.2, 0) is 7.05 Å². The molecule has 0 bridgehead atoms. The summed E-state index contributed by atoms with van der Waals surface area (Å²) in [5.41, 5.74) is 7.59. The number of nitrogens with zero attached hydrogens (tertiary/aromatic N) is 3. The van der Waals surface area contributed by atoms with Crippen molar-refractivity contribution < 1.29 is 4.79 Å². The maximum atomic E-state index is 12.1. The molecule has 0 spiro atoms. The predicted molar refractivity (Wildman–Crippen MR) is 57.5 cm³/mol. The molecule has 0 saturated carbocycles. The Kier molecular flexibility index (Phi) is 2.38. The fourth-order valence-corrected chi connectivity index (χ4v) is 2.00. The van der Waals surface area contributed by atoms with Crippen LogP contribution in [0.4, 0.5) is 5.69 Å². The number of rotatable bonds is 1. The molecule has 0 aromatic carbocycles. The molecule has 15 heavy (non-hydrogen) atoms. The largest absolute Gasteiger partial charge is 0.395 e. The maximum absolute atomic E-state index is 12.1. The highest BCUT2D eigenvalue weighted by molar-refractivity contribution is 5.98. The van der Waals surface area contributed by atoms with Gasteiger partial charge in [-0.3, -0.25) is 9.48 Å². The molecule has 1 saturated heterocycles. The lowest BCUT2D eigenvalue weighted by molar-refractivity contribution is 0.0783. The third-order valence-corrected chi connectivity index (χ3v) is 2.86. The fourth-order valence-electron chi connectivity index (χ4n) is 2.00. The number of amides is 1. The first-order valence-electron chi connectivity index (χ1n) is 5.19. The first-order valence-corrected chi connectivity index (χ1v) is 5.19. The van der Waals surface area contributed by atoms with Gasteiger partial charge in [-0.15, -0.1) is 0 Å². The minimum Gasteiger partial charge on any atom is -0.395 e. The predicted octanol–water partition coefficient (Wildman–Crippen LogP) is 0.547. The number of carbonyl (C=O) groups is 1. The highest BCUT2D eigenvalue weighted by Gasteiger charge is 2.25. The van der Waals surface area contributed by atoms with E-state index in [0.717, 1.165) is 31.6 Å². The molecular weight excluding hydrogens is 192 g/mol. The Labute approximate surface area is 88.8 Å². The average molecular weight is 208 g/mol. The van der Waals surface area contributed by atoms with Gasteiger partial charge in [0.1, 0.15) is 5.69 Å². The van der Waals surface area contributed by atoms with Crippen LogP contribution in [0.2, 0.25) is 0 Å². The van der Waals surface area contributed by atoms with E-state index in [9.17, 15) is 4.79 Å². The second-order valence-corrected chi connectivity index (χ2v) is 3.97. The van der Waals surface area contributed by atoms with Crippen LogP contribution < -0.4 is 5.73 Å². The van der Waals surface area contributed by atoms with E-state index < -0.39 is 0 Å². The Morgan fingerprint density at radius 2 is 2.00 bits per heavy atom. The van der Waals surface area contributed by atoms with E-state index in [0.29, 0.717) is 11.4 Å². The van der Waals surface area contributed by atoms with Crippen molar-refractivity contribution >= 4 is 11.6 Å². The van der Waals surface area contributed by atoms with Gasteiger partial charge in [0.05, 0.1) is 11.4 Å². The summed E-state index contributed by atoms with van der Waals surface area (Å²) in [4.78, 5) is 13.9. The number of nitrogen functional groups attached to an aromatic ring is 1. The quantitative estimate of drug-likeness (QED) is 0.733. The van der Waals surface area contributed by atoms with Crippen molar-refractivity contribution in [3.63, 3.8) is 0 Å². The Bertz CT molecular complexity index is 390. The first kappa shape index (κ1) is 10.0. The minimum atomic E-state index is 0.00750. The van der Waals surface area contributed by atoms with E-state index in [1.807, 2.05) is 11.8 Å². The molecule has 1 fully saturated rings. The Morgan fingerprint density at radius 3 is 2.47 bits per heavy atom. The molecule has 5 heteroatoms. The third-order valence-electron chi connectivity index (χ3n) is 2.86. The molecule has 1 amide bonds. The van der Waals surface area contributed by atoms with Crippen LogP contribution in [0.15, 0.2) is 0 Å². The van der Waals surface area contributed by atoms with Crippen molar-refractivity contribution in [3.05, 3.63) is 11.4 Å². The molecule has 2 N–H and O–H groups in total. The number of hydrogen-bond donors (Lipinski definition) is 1. The van der Waals surface area contributed by atoms with Crippen LogP contribution in [0, 0.1) is 6.92 Å². The summed E-state index contributed by atoms with van der Waals surface area (Å²) in [6.07, 6.45) is 2.17. The second-order valence-electron chi connectivity index (χ2n) is 3.97. The number of hydrogen-bond acceptors (Lipinski definition) is 3. The second kappa shape index (κ2) is 3.56. The van der Waals surface area contributed by atoms with Crippen molar-refractivity contribution in [1.82, 2.24) is 14.7 Å². The van der Waals surface area contributed by atoms with Gasteiger partial charge in [-0.05, 0) is 19.8 Å². The summed E-state index contributed by atoms with van der Waals surface area (Å²) in [7, 11) is 1.76. The van der Waals surface area contributed by atoms with Crippen molar-refractivity contribution in [2.45, 2.75) is 19.8 Å². The zero-order valence-electron chi connectivity index (χ0n) is 9.16. The number of likely N-dealkylation sites (tertiary alicyclic amines) is 1. The van der Waals surface area contributed by atoms with Gasteiger partial charge in [-0.1, -0.05) is 0 Å². The molecule has 1 aromatic heterocycles. The van der Waals surface area contributed by atoms with Crippen molar-refractivity contribution in [2.24, 2.45) is 7.05 Å². The number of aromatic nitrogens is 2. The highest BCUT2D eigenvalue weighted by Crippen LogP contribution is 2.19. The molecule has 0 unspecified atom stereocenters. The first-order chi connectivity index (χ1) is 7.11. The molecule has 82 valence electrons. The molecule has 2 rings (SSSR count). The molecule has 0 aliphatic carbocycles. The highest BCUT2D eigenvalue weighted by atomic mass is 16.2. The van der Waals surface area contributed by atoms with Crippen molar-refractivity contribution in [1.29, 1.82) is 0 Å². The molecule has 1 aliphatic heterocycles. The lowest BCUT2D eigenvalue weighted by Crippen LogP contribution is -2.30. The summed E-state index contributed by atoms with van der Waals surface area (Å²) in [5.74, 6) is 0.00750. The standard InChI is InChI=1S/C10H16N4O/c1-7-8(11)9(13(2)12-7)10(15)14-5-3-4-6-14/h3-6,11H2,1-2H3.